The Kier molecular flexibility index (Phi) is 3.34. The molecule has 1 unspecified atom stereocenters. The molecule has 0 spiro atoms. The summed E-state index contributed by atoms with van der Waals surface area (Å²) in [6.45, 7) is 5.75. The highest BCUT2D eigenvalue weighted by Crippen LogP contribution is 2.28. The molecule has 26 heavy (non-hydrogen) atoms. The van der Waals surface area contributed by atoms with Crippen molar-refractivity contribution in [3.63, 3.8) is 0 Å². The molecule has 3 aromatic rings. The molecular formula is C18H18FN7. The minimum Gasteiger partial charge on any atom is -0.338 e. The van der Waals surface area contributed by atoms with E-state index in [4.69, 9.17) is 10.2 Å². The molecule has 2 saturated heterocycles. The Hall–Kier alpha value is -2.79. The van der Waals surface area contributed by atoms with Gasteiger partial charge in [-0.1, -0.05) is 0 Å². The van der Waals surface area contributed by atoms with Gasteiger partial charge in [0.05, 0.1) is 11.1 Å². The summed E-state index contributed by atoms with van der Waals surface area (Å²) in [7, 11) is 0. The van der Waals surface area contributed by atoms with E-state index in [0.29, 0.717) is 34.4 Å². The van der Waals surface area contributed by atoms with Crippen LogP contribution >= 0.6 is 0 Å². The quantitative estimate of drug-likeness (QED) is 0.666. The predicted molar refractivity (Wildman–Crippen MR) is 94.5 cm³/mol. The van der Waals surface area contributed by atoms with Gasteiger partial charge in [-0.2, -0.15) is 9.78 Å². The fourth-order valence-electron chi connectivity index (χ4n) is 4.18. The summed E-state index contributed by atoms with van der Waals surface area (Å²) in [5.41, 5.74) is 1.12. The number of piperazine rings is 1. The van der Waals surface area contributed by atoms with Crippen LogP contribution in [0.1, 0.15) is 24.2 Å². The standard InChI is InChI=1S/C18H18FN7/c1-11-21-17-14-7-12(9-20)15(19)8-16(14)22-18(26(17)23-11)25-6-5-24-4-2-3-13(24)10-25/h7-8,13H,2-6,10H2,1H3. The Morgan fingerprint density at radius 1 is 1.23 bits per heavy atom. The van der Waals surface area contributed by atoms with Crippen LogP contribution in [0.25, 0.3) is 16.6 Å². The minimum atomic E-state index is -0.556. The lowest BCUT2D eigenvalue weighted by atomic mass is 10.1. The fraction of sp³-hybridized carbons (Fsp3) is 0.444. The van der Waals surface area contributed by atoms with Crippen molar-refractivity contribution in [3.05, 3.63) is 29.3 Å². The van der Waals surface area contributed by atoms with Gasteiger partial charge in [-0.3, -0.25) is 4.90 Å². The zero-order valence-electron chi connectivity index (χ0n) is 14.5. The summed E-state index contributed by atoms with van der Waals surface area (Å²) in [5, 5.41) is 14.3. The SMILES string of the molecule is Cc1nc2c3cc(C#N)c(F)cc3nc(N3CCN4CCCC4C3)n2n1. The molecule has 5 rings (SSSR count). The average Bonchev–Trinajstić information content (AvgIpc) is 3.25. The molecule has 2 aliphatic rings. The highest BCUT2D eigenvalue weighted by Gasteiger charge is 2.32. The molecular weight excluding hydrogens is 333 g/mol. The number of benzene rings is 1. The first kappa shape index (κ1) is 15.5. The predicted octanol–water partition coefficient (Wildman–Crippen LogP) is 1.88. The molecule has 1 atom stereocenters. The molecule has 7 nitrogen and oxygen atoms in total. The van der Waals surface area contributed by atoms with Crippen LogP contribution in [0.15, 0.2) is 12.1 Å². The molecule has 2 aromatic heterocycles. The summed E-state index contributed by atoms with van der Waals surface area (Å²) in [5.74, 6) is 0.770. The monoisotopic (exact) mass is 351 g/mol. The summed E-state index contributed by atoms with van der Waals surface area (Å²) in [4.78, 5) is 14.0. The molecule has 0 amide bonds. The Labute approximate surface area is 149 Å². The van der Waals surface area contributed by atoms with Crippen LogP contribution < -0.4 is 4.90 Å². The van der Waals surface area contributed by atoms with E-state index in [1.807, 2.05) is 13.0 Å². The second-order valence-corrected chi connectivity index (χ2v) is 7.05. The van der Waals surface area contributed by atoms with E-state index >= 15 is 0 Å². The number of hydrogen-bond donors (Lipinski definition) is 0. The second-order valence-electron chi connectivity index (χ2n) is 7.05. The van der Waals surface area contributed by atoms with Crippen LogP contribution in [-0.2, 0) is 0 Å². The van der Waals surface area contributed by atoms with Crippen molar-refractivity contribution < 1.29 is 4.39 Å². The van der Waals surface area contributed by atoms with Gasteiger partial charge in [0.1, 0.15) is 17.7 Å². The maximum absolute atomic E-state index is 14.1. The van der Waals surface area contributed by atoms with Crippen LogP contribution in [-0.4, -0.2) is 56.7 Å². The minimum absolute atomic E-state index is 0.00540. The van der Waals surface area contributed by atoms with Crippen LogP contribution in [0.3, 0.4) is 0 Å². The first-order valence-corrected chi connectivity index (χ1v) is 8.90. The Morgan fingerprint density at radius 3 is 2.96 bits per heavy atom. The number of aryl methyl sites for hydroxylation is 1. The lowest BCUT2D eigenvalue weighted by molar-refractivity contribution is 0.229. The molecule has 0 N–H and O–H groups in total. The Bertz CT molecular complexity index is 1070. The molecule has 8 heteroatoms. The highest BCUT2D eigenvalue weighted by atomic mass is 19.1. The number of nitriles is 1. The van der Waals surface area contributed by atoms with Crippen LogP contribution in [0.4, 0.5) is 10.3 Å². The third-order valence-corrected chi connectivity index (χ3v) is 5.44. The first-order chi connectivity index (χ1) is 12.6. The Morgan fingerprint density at radius 2 is 2.12 bits per heavy atom. The smallest absolute Gasteiger partial charge is 0.229 e. The average molecular weight is 351 g/mol. The van der Waals surface area contributed by atoms with Gasteiger partial charge in [-0.05, 0) is 32.4 Å². The second kappa shape index (κ2) is 5.61. The van der Waals surface area contributed by atoms with E-state index in [9.17, 15) is 4.39 Å². The molecule has 0 bridgehead atoms. The number of fused-ring (bicyclic) bond motifs is 4. The van der Waals surface area contributed by atoms with Gasteiger partial charge in [0.2, 0.25) is 5.95 Å². The van der Waals surface area contributed by atoms with E-state index in [1.165, 1.54) is 31.5 Å². The van der Waals surface area contributed by atoms with Crippen molar-refractivity contribution >= 4 is 22.5 Å². The number of anilines is 1. The molecule has 0 aliphatic carbocycles. The van der Waals surface area contributed by atoms with E-state index in [1.54, 1.807) is 4.52 Å². The third-order valence-electron chi connectivity index (χ3n) is 5.44. The largest absolute Gasteiger partial charge is 0.338 e. The van der Waals surface area contributed by atoms with Gasteiger partial charge in [0.15, 0.2) is 5.65 Å². The summed E-state index contributed by atoms with van der Waals surface area (Å²) < 4.78 is 15.9. The lowest BCUT2D eigenvalue weighted by Crippen LogP contribution is -2.51. The van der Waals surface area contributed by atoms with Crippen molar-refractivity contribution in [2.75, 3.05) is 31.1 Å². The lowest BCUT2D eigenvalue weighted by Gasteiger charge is -2.37. The molecule has 2 aliphatic heterocycles. The number of nitrogens with zero attached hydrogens (tertiary/aromatic N) is 7. The summed E-state index contributed by atoms with van der Waals surface area (Å²) in [6.07, 6.45) is 2.44. The van der Waals surface area contributed by atoms with Gasteiger partial charge in [-0.15, -0.1) is 5.10 Å². The molecule has 0 saturated carbocycles. The van der Waals surface area contributed by atoms with Gasteiger partial charge in [0, 0.05) is 37.1 Å². The van der Waals surface area contributed by atoms with E-state index in [0.717, 1.165) is 19.6 Å². The van der Waals surface area contributed by atoms with Crippen molar-refractivity contribution in [1.82, 2.24) is 24.5 Å². The summed E-state index contributed by atoms with van der Waals surface area (Å²) in [6, 6.07) is 5.27. The first-order valence-electron chi connectivity index (χ1n) is 8.90. The zero-order chi connectivity index (χ0) is 17.8. The van der Waals surface area contributed by atoms with E-state index in [2.05, 4.69) is 19.9 Å². The molecule has 4 heterocycles. The number of rotatable bonds is 1. The normalized spacial score (nSPS) is 20.7. The number of aromatic nitrogens is 4. The van der Waals surface area contributed by atoms with E-state index in [-0.39, 0.29) is 5.56 Å². The maximum Gasteiger partial charge on any atom is 0.229 e. The van der Waals surface area contributed by atoms with E-state index < -0.39 is 5.82 Å². The topological polar surface area (TPSA) is 73.4 Å². The fourth-order valence-corrected chi connectivity index (χ4v) is 4.18. The number of halogens is 1. The molecule has 2 fully saturated rings. The molecule has 0 radical (unpaired) electrons. The van der Waals surface area contributed by atoms with Gasteiger partial charge in [0.25, 0.3) is 0 Å². The molecule has 1 aromatic carbocycles. The molecule has 132 valence electrons. The van der Waals surface area contributed by atoms with Gasteiger partial charge >= 0.3 is 0 Å². The number of hydrogen-bond acceptors (Lipinski definition) is 6. The maximum atomic E-state index is 14.1. The van der Waals surface area contributed by atoms with Crippen LogP contribution in [0.5, 0.6) is 0 Å². The zero-order valence-corrected chi connectivity index (χ0v) is 14.5. The Balaban J connectivity index is 1.70. The van der Waals surface area contributed by atoms with Crippen molar-refractivity contribution in [1.29, 1.82) is 5.26 Å². The van der Waals surface area contributed by atoms with Gasteiger partial charge < -0.3 is 4.90 Å². The third kappa shape index (κ3) is 2.24. The van der Waals surface area contributed by atoms with Crippen molar-refractivity contribution in [3.8, 4) is 6.07 Å². The van der Waals surface area contributed by atoms with Crippen molar-refractivity contribution in [2.24, 2.45) is 0 Å². The highest BCUT2D eigenvalue weighted by molar-refractivity contribution is 5.93. The van der Waals surface area contributed by atoms with Crippen LogP contribution in [0, 0.1) is 24.1 Å². The summed E-state index contributed by atoms with van der Waals surface area (Å²) >= 11 is 0. The van der Waals surface area contributed by atoms with Crippen LogP contribution in [0.2, 0.25) is 0 Å². The van der Waals surface area contributed by atoms with Crippen molar-refractivity contribution in [2.45, 2.75) is 25.8 Å². The van der Waals surface area contributed by atoms with Gasteiger partial charge in [-0.25, -0.2) is 14.4 Å².